The van der Waals surface area contributed by atoms with E-state index in [9.17, 15) is 9.59 Å². The van der Waals surface area contributed by atoms with E-state index >= 15 is 0 Å². The van der Waals surface area contributed by atoms with Crippen molar-refractivity contribution in [3.63, 3.8) is 0 Å². The zero-order valence-corrected chi connectivity index (χ0v) is 28.3. The topological polar surface area (TPSA) is 158 Å². The minimum absolute atomic E-state index is 0.0947. The maximum atomic E-state index is 11.5. The van der Waals surface area contributed by atoms with Crippen LogP contribution in [0.15, 0.2) is 48.8 Å². The maximum Gasteiger partial charge on any atom is 0.220 e. The largest absolute Gasteiger partial charge is 0.372 e. The van der Waals surface area contributed by atoms with Crippen LogP contribution in [0.3, 0.4) is 0 Å². The molecule has 4 aromatic rings. The molecule has 48 heavy (non-hydrogen) atoms. The molecule has 2 amide bonds. The van der Waals surface area contributed by atoms with Crippen LogP contribution in [-0.2, 0) is 22.7 Å². The summed E-state index contributed by atoms with van der Waals surface area (Å²) in [5.41, 5.74) is 5.71. The van der Waals surface area contributed by atoms with Crippen LogP contribution < -0.4 is 31.9 Å². The number of hydrogen-bond donors (Lipinski definition) is 6. The Kier molecular flexibility index (Phi) is 10.7. The summed E-state index contributed by atoms with van der Waals surface area (Å²) in [6.45, 7) is 2.33. The monoisotopic (exact) mass is 688 g/mol. The Morgan fingerprint density at radius 3 is 1.48 bits per heavy atom. The molecule has 2 saturated heterocycles. The van der Waals surface area contributed by atoms with Gasteiger partial charge in [0, 0.05) is 87.5 Å². The summed E-state index contributed by atoms with van der Waals surface area (Å²) >= 11 is 14.1. The molecule has 2 atom stereocenters. The SMILES string of the molecule is CNc1nc(-c2cccc(-c3cccc(-c4cnc(CNC[C@H]5CCC(=O)N5)c(NC)n4)c3Cl)c2Cl)cnc1CNCC1CCC(=O)N1. The van der Waals surface area contributed by atoms with Crippen LogP contribution in [-0.4, -0.2) is 71.0 Å². The van der Waals surface area contributed by atoms with Gasteiger partial charge < -0.3 is 31.9 Å². The molecule has 0 aliphatic carbocycles. The molecule has 6 rings (SSSR count). The van der Waals surface area contributed by atoms with Gasteiger partial charge in [0.15, 0.2) is 0 Å². The molecule has 0 bridgehead atoms. The Bertz CT molecular complexity index is 1690. The van der Waals surface area contributed by atoms with E-state index in [1.54, 1.807) is 26.5 Å². The Morgan fingerprint density at radius 2 is 1.10 bits per heavy atom. The van der Waals surface area contributed by atoms with Crippen molar-refractivity contribution in [2.75, 3.05) is 37.8 Å². The van der Waals surface area contributed by atoms with Crippen LogP contribution in [0.5, 0.6) is 0 Å². The van der Waals surface area contributed by atoms with Gasteiger partial charge in [-0.3, -0.25) is 19.6 Å². The van der Waals surface area contributed by atoms with Crippen molar-refractivity contribution in [2.24, 2.45) is 0 Å². The first-order valence-electron chi connectivity index (χ1n) is 16.0. The van der Waals surface area contributed by atoms with Gasteiger partial charge in [0.2, 0.25) is 11.8 Å². The summed E-state index contributed by atoms with van der Waals surface area (Å²) in [6.07, 6.45) is 6.23. The van der Waals surface area contributed by atoms with Gasteiger partial charge in [0.25, 0.3) is 0 Å². The van der Waals surface area contributed by atoms with Gasteiger partial charge in [-0.05, 0) is 12.8 Å². The summed E-state index contributed by atoms with van der Waals surface area (Å²) in [7, 11) is 3.61. The standard InChI is InChI=1S/C34H38Cl2N10O2/c1-37-33-27(15-39-13-19-9-11-29(47)43-19)41-17-25(45-33)23-7-3-5-21(31(23)35)22-6-4-8-24(32(22)36)26-18-42-28(34(38-2)46-26)16-40-14-20-10-12-30(48)44-20/h3-8,17-20,39-40H,9-16H2,1-2H3,(H,37,45)(H,38,46)(H,43,47)(H,44,48)/t19-,20?/m1/s1. The Balaban J connectivity index is 1.20. The fourth-order valence-corrected chi connectivity index (χ4v) is 6.66. The highest BCUT2D eigenvalue weighted by molar-refractivity contribution is 6.39. The van der Waals surface area contributed by atoms with E-state index in [0.717, 1.165) is 46.5 Å². The number of benzene rings is 2. The third-order valence-electron chi connectivity index (χ3n) is 8.55. The molecule has 0 saturated carbocycles. The van der Waals surface area contributed by atoms with Gasteiger partial charge in [-0.2, -0.15) is 0 Å². The highest BCUT2D eigenvalue weighted by Gasteiger charge is 2.22. The lowest BCUT2D eigenvalue weighted by molar-refractivity contribution is -0.120. The number of amides is 2. The first kappa shape index (κ1) is 33.5. The number of nitrogens with zero attached hydrogens (tertiary/aromatic N) is 4. The number of hydrogen-bond acceptors (Lipinski definition) is 10. The van der Waals surface area contributed by atoms with Crippen LogP contribution in [0.25, 0.3) is 33.6 Å². The fourth-order valence-electron chi connectivity index (χ4n) is 6.01. The number of rotatable bonds is 13. The van der Waals surface area contributed by atoms with Crippen molar-refractivity contribution in [1.29, 1.82) is 0 Å². The number of carbonyl (C=O) groups excluding carboxylic acids is 2. The first-order chi connectivity index (χ1) is 23.3. The molecule has 1 unspecified atom stereocenters. The molecule has 250 valence electrons. The third-order valence-corrected chi connectivity index (χ3v) is 9.36. The lowest BCUT2D eigenvalue weighted by Crippen LogP contribution is -2.35. The zero-order valence-electron chi connectivity index (χ0n) is 26.8. The Labute approximate surface area is 289 Å². The molecule has 14 heteroatoms. The zero-order chi connectivity index (χ0) is 33.6. The number of anilines is 2. The van der Waals surface area contributed by atoms with E-state index in [1.165, 1.54) is 0 Å². The smallest absolute Gasteiger partial charge is 0.220 e. The number of aromatic nitrogens is 4. The molecule has 2 aromatic carbocycles. The van der Waals surface area contributed by atoms with E-state index < -0.39 is 0 Å². The molecule has 2 aromatic heterocycles. The number of carbonyl (C=O) groups is 2. The van der Waals surface area contributed by atoms with E-state index in [1.807, 2.05) is 36.4 Å². The first-order valence-corrected chi connectivity index (χ1v) is 16.8. The average molecular weight is 690 g/mol. The minimum Gasteiger partial charge on any atom is -0.372 e. The second kappa shape index (κ2) is 15.2. The second-order valence-electron chi connectivity index (χ2n) is 11.8. The molecule has 6 N–H and O–H groups in total. The average Bonchev–Trinajstić information content (AvgIpc) is 3.72. The van der Waals surface area contributed by atoms with Crippen molar-refractivity contribution >= 4 is 46.7 Å². The molecule has 4 heterocycles. The van der Waals surface area contributed by atoms with Crippen LogP contribution in [0.4, 0.5) is 11.6 Å². The minimum atomic E-state index is 0.0947. The van der Waals surface area contributed by atoms with Crippen molar-refractivity contribution in [1.82, 2.24) is 41.2 Å². The van der Waals surface area contributed by atoms with Gasteiger partial charge >= 0.3 is 0 Å². The predicted octanol–water partition coefficient (Wildman–Crippen LogP) is 4.39. The second-order valence-corrected chi connectivity index (χ2v) is 12.6. The molecule has 2 aliphatic rings. The van der Waals surface area contributed by atoms with Crippen LogP contribution >= 0.6 is 23.2 Å². The molecule has 0 radical (unpaired) electrons. The van der Waals surface area contributed by atoms with Crippen LogP contribution in [0, 0.1) is 0 Å². The molecular formula is C34H38Cl2N10O2. The van der Waals surface area contributed by atoms with E-state index in [-0.39, 0.29) is 23.9 Å². The van der Waals surface area contributed by atoms with E-state index in [4.69, 9.17) is 33.2 Å². The quantitative estimate of drug-likeness (QED) is 0.119. The summed E-state index contributed by atoms with van der Waals surface area (Å²) in [5.74, 6) is 1.47. The Morgan fingerprint density at radius 1 is 0.688 bits per heavy atom. The summed E-state index contributed by atoms with van der Waals surface area (Å²) in [4.78, 5) is 42.0. The van der Waals surface area contributed by atoms with Crippen LogP contribution in [0.2, 0.25) is 10.0 Å². The maximum absolute atomic E-state index is 11.5. The highest BCUT2D eigenvalue weighted by Crippen LogP contribution is 2.42. The van der Waals surface area contributed by atoms with Gasteiger partial charge in [-0.25, -0.2) is 9.97 Å². The lowest BCUT2D eigenvalue weighted by Gasteiger charge is -2.16. The number of nitrogens with one attached hydrogen (secondary N) is 6. The Hall–Kier alpha value is -4.36. The normalized spacial score (nSPS) is 17.3. The highest BCUT2D eigenvalue weighted by atomic mass is 35.5. The lowest BCUT2D eigenvalue weighted by atomic mass is 9.98. The molecule has 2 aliphatic heterocycles. The van der Waals surface area contributed by atoms with Gasteiger partial charge in [0.05, 0.1) is 45.2 Å². The summed E-state index contributed by atoms with van der Waals surface area (Å²) in [5, 5.41) is 20.0. The summed E-state index contributed by atoms with van der Waals surface area (Å²) in [6, 6.07) is 11.8. The van der Waals surface area contributed by atoms with Crippen molar-refractivity contribution < 1.29 is 9.59 Å². The van der Waals surface area contributed by atoms with Gasteiger partial charge in [0.1, 0.15) is 11.6 Å². The molecular weight excluding hydrogens is 651 g/mol. The van der Waals surface area contributed by atoms with Gasteiger partial charge in [-0.1, -0.05) is 59.6 Å². The van der Waals surface area contributed by atoms with Gasteiger partial charge in [-0.15, -0.1) is 0 Å². The summed E-state index contributed by atoms with van der Waals surface area (Å²) < 4.78 is 0. The third kappa shape index (κ3) is 7.52. The van der Waals surface area contributed by atoms with Crippen molar-refractivity contribution in [3.8, 4) is 33.6 Å². The predicted molar refractivity (Wildman–Crippen MR) is 189 cm³/mol. The number of halogens is 2. The molecule has 0 spiro atoms. The molecule has 12 nitrogen and oxygen atoms in total. The fraction of sp³-hybridized carbons (Fsp3) is 0.353. The van der Waals surface area contributed by atoms with Crippen molar-refractivity contribution in [3.05, 3.63) is 70.2 Å². The van der Waals surface area contributed by atoms with Crippen LogP contribution in [0.1, 0.15) is 37.1 Å². The van der Waals surface area contributed by atoms with E-state index in [2.05, 4.69) is 41.9 Å². The van der Waals surface area contributed by atoms with E-state index in [0.29, 0.717) is 72.1 Å². The van der Waals surface area contributed by atoms with Crippen molar-refractivity contribution in [2.45, 2.75) is 50.9 Å². The molecule has 2 fully saturated rings.